The van der Waals surface area contributed by atoms with E-state index in [4.69, 9.17) is 0 Å². The quantitative estimate of drug-likeness (QED) is 0.796. The van der Waals surface area contributed by atoms with Crippen LogP contribution in [0.25, 0.3) is 0 Å². The van der Waals surface area contributed by atoms with Gasteiger partial charge in [-0.3, -0.25) is 9.69 Å². The molecule has 1 saturated heterocycles. The highest BCUT2D eigenvalue weighted by Gasteiger charge is 2.30. The highest BCUT2D eigenvalue weighted by molar-refractivity contribution is 5.94. The summed E-state index contributed by atoms with van der Waals surface area (Å²) < 4.78 is 0. The zero-order chi connectivity index (χ0) is 17.8. The van der Waals surface area contributed by atoms with Gasteiger partial charge in [0.15, 0.2) is 0 Å². The van der Waals surface area contributed by atoms with Crippen molar-refractivity contribution in [1.29, 1.82) is 0 Å². The van der Waals surface area contributed by atoms with E-state index in [0.29, 0.717) is 18.2 Å². The molecule has 1 aliphatic heterocycles. The maximum atomic E-state index is 12.3. The molecule has 2 aliphatic rings. The summed E-state index contributed by atoms with van der Waals surface area (Å²) >= 11 is 0. The lowest BCUT2D eigenvalue weighted by Crippen LogP contribution is -2.40. The SMILES string of the molecule is CC(C)N(CCNC(=O)c1ccc(N2CCC(O)CC2)cc1)C1CC1. The van der Waals surface area contributed by atoms with Gasteiger partial charge in [-0.25, -0.2) is 0 Å². The maximum Gasteiger partial charge on any atom is 0.251 e. The molecule has 5 heteroatoms. The fraction of sp³-hybridized carbons (Fsp3) is 0.650. The van der Waals surface area contributed by atoms with E-state index >= 15 is 0 Å². The lowest BCUT2D eigenvalue weighted by molar-refractivity contribution is 0.0944. The van der Waals surface area contributed by atoms with Crippen molar-refractivity contribution in [3.05, 3.63) is 29.8 Å². The molecule has 5 nitrogen and oxygen atoms in total. The summed E-state index contributed by atoms with van der Waals surface area (Å²) in [5.74, 6) is 0.000111. The summed E-state index contributed by atoms with van der Waals surface area (Å²) in [6.45, 7) is 7.80. The Hall–Kier alpha value is -1.59. The number of nitrogens with one attached hydrogen (secondary N) is 1. The van der Waals surface area contributed by atoms with Crippen molar-refractivity contribution < 1.29 is 9.90 Å². The van der Waals surface area contributed by atoms with Crippen LogP contribution >= 0.6 is 0 Å². The van der Waals surface area contributed by atoms with E-state index in [1.165, 1.54) is 12.8 Å². The second kappa shape index (κ2) is 8.19. The van der Waals surface area contributed by atoms with Crippen LogP contribution in [0.2, 0.25) is 0 Å². The van der Waals surface area contributed by atoms with Gasteiger partial charge in [0.05, 0.1) is 6.10 Å². The molecular weight excluding hydrogens is 314 g/mol. The third-order valence-electron chi connectivity index (χ3n) is 5.29. The minimum atomic E-state index is -0.164. The third-order valence-corrected chi connectivity index (χ3v) is 5.29. The molecule has 0 unspecified atom stereocenters. The van der Waals surface area contributed by atoms with Crippen LogP contribution in [0.5, 0.6) is 0 Å². The molecule has 1 aromatic rings. The number of anilines is 1. The Bertz CT molecular complexity index is 559. The first-order valence-corrected chi connectivity index (χ1v) is 9.61. The maximum absolute atomic E-state index is 12.3. The Balaban J connectivity index is 1.47. The summed E-state index contributed by atoms with van der Waals surface area (Å²) in [7, 11) is 0. The van der Waals surface area contributed by atoms with Gasteiger partial charge < -0.3 is 15.3 Å². The lowest BCUT2D eigenvalue weighted by atomic mass is 10.1. The number of benzene rings is 1. The predicted molar refractivity (Wildman–Crippen MR) is 101 cm³/mol. The van der Waals surface area contributed by atoms with Crippen molar-refractivity contribution >= 4 is 11.6 Å². The molecule has 0 spiro atoms. The van der Waals surface area contributed by atoms with E-state index in [-0.39, 0.29) is 12.0 Å². The molecule has 1 aromatic carbocycles. The van der Waals surface area contributed by atoms with E-state index in [1.54, 1.807) is 0 Å². The molecule has 2 N–H and O–H groups in total. The van der Waals surface area contributed by atoms with E-state index in [9.17, 15) is 9.90 Å². The van der Waals surface area contributed by atoms with Gasteiger partial charge in [0.1, 0.15) is 0 Å². The molecule has 138 valence electrons. The van der Waals surface area contributed by atoms with Crippen LogP contribution < -0.4 is 10.2 Å². The van der Waals surface area contributed by atoms with Gasteiger partial charge in [-0.05, 0) is 63.8 Å². The van der Waals surface area contributed by atoms with Crippen LogP contribution in [-0.2, 0) is 0 Å². The number of hydrogen-bond donors (Lipinski definition) is 2. The number of aliphatic hydroxyl groups is 1. The van der Waals surface area contributed by atoms with Crippen molar-refractivity contribution in [2.45, 2.75) is 57.7 Å². The summed E-state index contributed by atoms with van der Waals surface area (Å²) in [6, 6.07) is 9.08. The largest absolute Gasteiger partial charge is 0.393 e. The average Bonchev–Trinajstić information content (AvgIpc) is 3.44. The molecule has 2 fully saturated rings. The zero-order valence-corrected chi connectivity index (χ0v) is 15.4. The molecule has 3 rings (SSSR count). The first-order valence-electron chi connectivity index (χ1n) is 9.61. The summed E-state index contributed by atoms with van der Waals surface area (Å²) in [6.07, 6.45) is 4.05. The Morgan fingerprint density at radius 2 is 1.84 bits per heavy atom. The van der Waals surface area contributed by atoms with Crippen LogP contribution in [-0.4, -0.2) is 60.3 Å². The Labute approximate surface area is 151 Å². The van der Waals surface area contributed by atoms with Gasteiger partial charge in [0.25, 0.3) is 5.91 Å². The molecule has 0 atom stereocenters. The van der Waals surface area contributed by atoms with Crippen LogP contribution in [0.4, 0.5) is 5.69 Å². The molecule has 0 aromatic heterocycles. The zero-order valence-electron chi connectivity index (χ0n) is 15.4. The molecular formula is C20H31N3O2. The fourth-order valence-corrected chi connectivity index (χ4v) is 3.62. The van der Waals surface area contributed by atoms with Crippen molar-refractivity contribution in [1.82, 2.24) is 10.2 Å². The second-order valence-corrected chi connectivity index (χ2v) is 7.58. The molecule has 25 heavy (non-hydrogen) atoms. The molecule has 1 heterocycles. The molecule has 1 aliphatic carbocycles. The van der Waals surface area contributed by atoms with Gasteiger partial charge in [-0.2, -0.15) is 0 Å². The molecule has 0 radical (unpaired) electrons. The minimum Gasteiger partial charge on any atom is -0.393 e. The monoisotopic (exact) mass is 345 g/mol. The van der Waals surface area contributed by atoms with Crippen LogP contribution in [0, 0.1) is 0 Å². The van der Waals surface area contributed by atoms with Gasteiger partial charge in [-0.15, -0.1) is 0 Å². The molecule has 1 saturated carbocycles. The van der Waals surface area contributed by atoms with Crippen molar-refractivity contribution in [2.24, 2.45) is 0 Å². The second-order valence-electron chi connectivity index (χ2n) is 7.58. The first kappa shape index (κ1) is 18.2. The fourth-order valence-electron chi connectivity index (χ4n) is 3.62. The summed E-state index contributed by atoms with van der Waals surface area (Å²) in [5.41, 5.74) is 1.84. The number of piperidine rings is 1. The Kier molecular flexibility index (Phi) is 5.97. The number of carbonyl (C=O) groups excluding carboxylic acids is 1. The van der Waals surface area contributed by atoms with Crippen molar-refractivity contribution in [3.63, 3.8) is 0 Å². The number of rotatable bonds is 7. The lowest BCUT2D eigenvalue weighted by Gasteiger charge is -2.31. The average molecular weight is 345 g/mol. The third kappa shape index (κ3) is 4.95. The van der Waals surface area contributed by atoms with E-state index in [0.717, 1.165) is 44.2 Å². The van der Waals surface area contributed by atoms with Gasteiger partial charge >= 0.3 is 0 Å². The molecule has 1 amide bonds. The van der Waals surface area contributed by atoms with E-state index in [2.05, 4.69) is 29.0 Å². The Morgan fingerprint density at radius 3 is 2.40 bits per heavy atom. The van der Waals surface area contributed by atoms with Gasteiger partial charge in [0, 0.05) is 49.5 Å². The van der Waals surface area contributed by atoms with Crippen LogP contribution in [0.1, 0.15) is 49.9 Å². The van der Waals surface area contributed by atoms with E-state index < -0.39 is 0 Å². The van der Waals surface area contributed by atoms with E-state index in [1.807, 2.05) is 24.3 Å². The van der Waals surface area contributed by atoms with Crippen molar-refractivity contribution in [3.8, 4) is 0 Å². The predicted octanol–water partition coefficient (Wildman–Crippen LogP) is 2.25. The van der Waals surface area contributed by atoms with Gasteiger partial charge in [-0.1, -0.05) is 0 Å². The number of nitrogens with zero attached hydrogens (tertiary/aromatic N) is 2. The number of carbonyl (C=O) groups is 1. The number of hydrogen-bond acceptors (Lipinski definition) is 4. The van der Waals surface area contributed by atoms with Crippen molar-refractivity contribution in [2.75, 3.05) is 31.1 Å². The van der Waals surface area contributed by atoms with Crippen LogP contribution in [0.3, 0.4) is 0 Å². The Morgan fingerprint density at radius 1 is 1.20 bits per heavy atom. The first-order chi connectivity index (χ1) is 12.0. The normalized spacial score (nSPS) is 18.8. The van der Waals surface area contributed by atoms with Gasteiger partial charge in [0.2, 0.25) is 0 Å². The number of amides is 1. The number of aliphatic hydroxyl groups excluding tert-OH is 1. The minimum absolute atomic E-state index is 0.000111. The summed E-state index contributed by atoms with van der Waals surface area (Å²) in [5, 5.41) is 12.6. The smallest absolute Gasteiger partial charge is 0.251 e. The topological polar surface area (TPSA) is 55.8 Å². The van der Waals surface area contributed by atoms with Crippen LogP contribution in [0.15, 0.2) is 24.3 Å². The summed E-state index contributed by atoms with van der Waals surface area (Å²) in [4.78, 5) is 17.1. The standard InChI is InChI=1S/C20H31N3O2/c1-15(2)23(18-7-8-18)14-11-21-20(25)16-3-5-17(6-4-16)22-12-9-19(24)10-13-22/h3-6,15,18-19,24H,7-14H2,1-2H3,(H,21,25). The molecule has 0 bridgehead atoms. The highest BCUT2D eigenvalue weighted by Crippen LogP contribution is 2.28. The highest BCUT2D eigenvalue weighted by atomic mass is 16.3.